The van der Waals surface area contributed by atoms with Gasteiger partial charge in [0.25, 0.3) is 0 Å². The second-order valence-corrected chi connectivity index (χ2v) is 6.22. The van der Waals surface area contributed by atoms with Crippen LogP contribution in [0.15, 0.2) is 12.4 Å². The van der Waals surface area contributed by atoms with Gasteiger partial charge in [-0.05, 0) is 25.2 Å². The molecule has 2 aliphatic rings. The number of nitro groups is 1. The van der Waals surface area contributed by atoms with Crippen molar-refractivity contribution in [2.24, 2.45) is 5.92 Å². The fourth-order valence-electron chi connectivity index (χ4n) is 3.58. The Morgan fingerprint density at radius 1 is 1.38 bits per heavy atom. The van der Waals surface area contributed by atoms with Crippen LogP contribution in [0.3, 0.4) is 0 Å². The van der Waals surface area contributed by atoms with Gasteiger partial charge >= 0.3 is 5.69 Å². The van der Waals surface area contributed by atoms with Crippen LogP contribution in [0.2, 0.25) is 0 Å². The highest BCUT2D eigenvalue weighted by molar-refractivity contribution is 5.21. The van der Waals surface area contributed by atoms with Crippen molar-refractivity contribution in [2.45, 2.75) is 44.3 Å². The standard InChI is InChI=1S/C14H21FN4O2/c15-13-10-17(8-11-3-1-2-4-11)6-5-14(13)18-9-12(7-16-18)19(20)21/h7,9,11,13-14H,1-6,8,10H2/t13-,14-/m1/s1. The molecule has 0 unspecified atom stereocenters. The first-order valence-corrected chi connectivity index (χ1v) is 7.68. The molecule has 21 heavy (non-hydrogen) atoms. The molecule has 0 N–H and O–H groups in total. The molecular weight excluding hydrogens is 275 g/mol. The van der Waals surface area contributed by atoms with E-state index in [0.717, 1.165) is 19.0 Å². The van der Waals surface area contributed by atoms with E-state index < -0.39 is 11.1 Å². The number of rotatable bonds is 4. The second-order valence-electron chi connectivity index (χ2n) is 6.22. The van der Waals surface area contributed by atoms with Crippen LogP contribution in [0.4, 0.5) is 10.1 Å². The normalized spacial score (nSPS) is 28.0. The van der Waals surface area contributed by atoms with Crippen LogP contribution in [-0.2, 0) is 0 Å². The van der Waals surface area contributed by atoms with Crippen molar-refractivity contribution in [1.82, 2.24) is 14.7 Å². The number of hydrogen-bond acceptors (Lipinski definition) is 4. The molecule has 116 valence electrons. The van der Waals surface area contributed by atoms with Gasteiger partial charge in [0, 0.05) is 19.6 Å². The molecule has 1 aromatic rings. The van der Waals surface area contributed by atoms with Crippen molar-refractivity contribution in [3.8, 4) is 0 Å². The van der Waals surface area contributed by atoms with E-state index in [-0.39, 0.29) is 11.7 Å². The third-order valence-corrected chi connectivity index (χ3v) is 4.72. The Balaban J connectivity index is 1.58. The number of hydrogen-bond donors (Lipinski definition) is 0. The topological polar surface area (TPSA) is 64.2 Å². The fraction of sp³-hybridized carbons (Fsp3) is 0.786. The lowest BCUT2D eigenvalue weighted by Crippen LogP contribution is -2.44. The molecule has 3 rings (SSSR count). The predicted molar refractivity (Wildman–Crippen MR) is 75.8 cm³/mol. The second kappa shape index (κ2) is 6.09. The highest BCUT2D eigenvalue weighted by atomic mass is 19.1. The molecule has 1 aromatic heterocycles. The first kappa shape index (κ1) is 14.4. The SMILES string of the molecule is O=[N+]([O-])c1cnn([C@@H]2CCN(CC3CCCC3)C[C@H]2F)c1. The average molecular weight is 296 g/mol. The van der Waals surface area contributed by atoms with E-state index in [1.54, 1.807) is 0 Å². The molecule has 1 saturated carbocycles. The summed E-state index contributed by atoms with van der Waals surface area (Å²) >= 11 is 0. The average Bonchev–Trinajstić information content (AvgIpc) is 3.09. The minimum atomic E-state index is -1.01. The Labute approximate surface area is 123 Å². The summed E-state index contributed by atoms with van der Waals surface area (Å²) in [6.07, 6.45) is 7.31. The maximum atomic E-state index is 14.4. The first-order chi connectivity index (χ1) is 10.1. The van der Waals surface area contributed by atoms with E-state index in [9.17, 15) is 14.5 Å². The molecule has 6 nitrogen and oxygen atoms in total. The Bertz CT molecular complexity index is 501. The van der Waals surface area contributed by atoms with E-state index in [4.69, 9.17) is 0 Å². The summed E-state index contributed by atoms with van der Waals surface area (Å²) in [4.78, 5) is 12.4. The number of nitrogens with zero attached hydrogens (tertiary/aromatic N) is 4. The van der Waals surface area contributed by atoms with Gasteiger partial charge in [0.1, 0.15) is 18.6 Å². The summed E-state index contributed by atoms with van der Waals surface area (Å²) < 4.78 is 15.8. The van der Waals surface area contributed by atoms with E-state index in [1.807, 2.05) is 0 Å². The molecule has 1 aliphatic heterocycles. The van der Waals surface area contributed by atoms with Gasteiger partial charge in [-0.3, -0.25) is 14.8 Å². The lowest BCUT2D eigenvalue weighted by molar-refractivity contribution is -0.385. The van der Waals surface area contributed by atoms with Gasteiger partial charge in [0.2, 0.25) is 0 Å². The number of halogens is 1. The maximum Gasteiger partial charge on any atom is 0.307 e. The van der Waals surface area contributed by atoms with Gasteiger partial charge in [-0.15, -0.1) is 0 Å². The van der Waals surface area contributed by atoms with Crippen LogP contribution in [0.5, 0.6) is 0 Å². The molecule has 2 fully saturated rings. The van der Waals surface area contributed by atoms with Crippen LogP contribution < -0.4 is 0 Å². The van der Waals surface area contributed by atoms with Crippen molar-refractivity contribution in [2.75, 3.05) is 19.6 Å². The lowest BCUT2D eigenvalue weighted by atomic mass is 10.0. The molecule has 0 spiro atoms. The number of alkyl halides is 1. The number of likely N-dealkylation sites (tertiary alicyclic amines) is 1. The maximum absolute atomic E-state index is 14.4. The third kappa shape index (κ3) is 3.23. The van der Waals surface area contributed by atoms with Gasteiger partial charge in [0.15, 0.2) is 0 Å². The zero-order valence-corrected chi connectivity index (χ0v) is 12.0. The zero-order chi connectivity index (χ0) is 14.8. The van der Waals surface area contributed by atoms with Crippen LogP contribution >= 0.6 is 0 Å². The van der Waals surface area contributed by atoms with Crippen LogP contribution in [0.25, 0.3) is 0 Å². The zero-order valence-electron chi connectivity index (χ0n) is 12.0. The minimum absolute atomic E-state index is 0.0735. The van der Waals surface area contributed by atoms with E-state index >= 15 is 0 Å². The molecule has 2 heterocycles. The number of aromatic nitrogens is 2. The number of piperidine rings is 1. The van der Waals surface area contributed by atoms with Gasteiger partial charge in [-0.1, -0.05) is 12.8 Å². The minimum Gasteiger partial charge on any atom is -0.300 e. The van der Waals surface area contributed by atoms with Gasteiger partial charge in [-0.2, -0.15) is 5.10 Å². The highest BCUT2D eigenvalue weighted by Gasteiger charge is 2.33. The molecule has 1 aliphatic carbocycles. The van der Waals surface area contributed by atoms with E-state index in [2.05, 4.69) is 10.00 Å². The molecule has 0 aromatic carbocycles. The molecule has 7 heteroatoms. The molecule has 0 amide bonds. The summed E-state index contributed by atoms with van der Waals surface area (Å²) in [5, 5.41) is 14.6. The Morgan fingerprint density at radius 2 is 2.14 bits per heavy atom. The van der Waals surface area contributed by atoms with Crippen molar-refractivity contribution in [3.05, 3.63) is 22.5 Å². The quantitative estimate of drug-likeness (QED) is 0.633. The molecule has 0 bridgehead atoms. The summed E-state index contributed by atoms with van der Waals surface area (Å²) in [5.41, 5.74) is -0.0735. The Kier molecular flexibility index (Phi) is 4.19. The summed E-state index contributed by atoms with van der Waals surface area (Å²) in [7, 11) is 0. The fourth-order valence-corrected chi connectivity index (χ4v) is 3.58. The summed E-state index contributed by atoms with van der Waals surface area (Å²) in [6, 6.07) is -0.376. The van der Waals surface area contributed by atoms with Gasteiger partial charge in [0.05, 0.1) is 11.0 Å². The van der Waals surface area contributed by atoms with Crippen LogP contribution in [0.1, 0.15) is 38.1 Å². The highest BCUT2D eigenvalue weighted by Crippen LogP contribution is 2.30. The van der Waals surface area contributed by atoms with Crippen molar-refractivity contribution in [3.63, 3.8) is 0 Å². The van der Waals surface area contributed by atoms with Crippen molar-refractivity contribution in [1.29, 1.82) is 0 Å². The monoisotopic (exact) mass is 296 g/mol. The Morgan fingerprint density at radius 3 is 2.76 bits per heavy atom. The van der Waals surface area contributed by atoms with E-state index in [1.165, 1.54) is 42.8 Å². The first-order valence-electron chi connectivity index (χ1n) is 7.68. The van der Waals surface area contributed by atoms with Gasteiger partial charge in [-0.25, -0.2) is 4.39 Å². The molecule has 0 radical (unpaired) electrons. The van der Waals surface area contributed by atoms with Crippen LogP contribution in [-0.4, -0.2) is 45.4 Å². The van der Waals surface area contributed by atoms with Crippen molar-refractivity contribution < 1.29 is 9.31 Å². The molecular formula is C14H21FN4O2. The molecule has 2 atom stereocenters. The summed E-state index contributed by atoms with van der Waals surface area (Å²) in [6.45, 7) is 2.25. The third-order valence-electron chi connectivity index (χ3n) is 4.72. The summed E-state index contributed by atoms with van der Waals surface area (Å²) in [5.74, 6) is 0.722. The van der Waals surface area contributed by atoms with Crippen LogP contribution in [0, 0.1) is 16.0 Å². The lowest BCUT2D eigenvalue weighted by Gasteiger charge is -2.35. The van der Waals surface area contributed by atoms with E-state index in [0.29, 0.717) is 13.0 Å². The smallest absolute Gasteiger partial charge is 0.300 e. The van der Waals surface area contributed by atoms with Crippen molar-refractivity contribution >= 4 is 5.69 Å². The predicted octanol–water partition coefficient (Wildman–Crippen LogP) is 2.57. The van der Waals surface area contributed by atoms with Gasteiger partial charge < -0.3 is 4.90 Å². The molecule has 1 saturated heterocycles. The Hall–Kier alpha value is -1.50. The largest absolute Gasteiger partial charge is 0.307 e.